The third-order valence-electron chi connectivity index (χ3n) is 4.99. The number of nitrogens with zero attached hydrogens (tertiary/aromatic N) is 1. The average molecular weight is 464 g/mol. The van der Waals surface area contributed by atoms with Gasteiger partial charge in [0.2, 0.25) is 0 Å². The van der Waals surface area contributed by atoms with E-state index in [4.69, 9.17) is 27.9 Å². The van der Waals surface area contributed by atoms with Crippen LogP contribution in [0, 0.1) is 0 Å². The third-order valence-corrected chi connectivity index (χ3v) is 5.70. The normalized spacial score (nSPS) is 21.3. The first-order chi connectivity index (χ1) is 15.0. The molecule has 1 aliphatic rings. The summed E-state index contributed by atoms with van der Waals surface area (Å²) in [6, 6.07) is 12.6. The summed E-state index contributed by atoms with van der Waals surface area (Å²) in [5, 5.41) is 5.26. The maximum Gasteiger partial charge on any atom is 0.315 e. The summed E-state index contributed by atoms with van der Waals surface area (Å²) in [7, 11) is 1.52. The van der Waals surface area contributed by atoms with Gasteiger partial charge >= 0.3 is 6.03 Å². The highest BCUT2D eigenvalue weighted by molar-refractivity contribution is 6.27. The molecule has 3 atom stereocenters. The number of hydrogen-bond donors (Lipinski definition) is 2. The molecule has 1 aromatic heterocycles. The van der Waals surface area contributed by atoms with Crippen molar-refractivity contribution in [2.24, 2.45) is 0 Å². The van der Waals surface area contributed by atoms with Crippen LogP contribution in [0.5, 0.6) is 0 Å². The molecule has 1 aliphatic carbocycles. The lowest BCUT2D eigenvalue weighted by Gasteiger charge is -2.38. The van der Waals surface area contributed by atoms with Gasteiger partial charge in [-0.1, -0.05) is 54.6 Å². The van der Waals surface area contributed by atoms with Crippen molar-refractivity contribution in [1.29, 1.82) is 0 Å². The molecule has 0 saturated heterocycles. The zero-order valence-corrected chi connectivity index (χ0v) is 18.5. The second-order valence-electron chi connectivity index (χ2n) is 7.03. The molecule has 0 saturated carbocycles. The fraction of sp³-hybridized carbons (Fsp3) is 0.304. The molecule has 8 heteroatoms. The predicted molar refractivity (Wildman–Crippen MR) is 122 cm³/mol. The van der Waals surface area contributed by atoms with Crippen LogP contribution in [0.3, 0.4) is 0 Å². The van der Waals surface area contributed by atoms with Crippen LogP contribution < -0.4 is 10.6 Å². The fourth-order valence-corrected chi connectivity index (χ4v) is 3.96. The lowest BCUT2D eigenvalue weighted by molar-refractivity contribution is 0.0887. The molecule has 5 nitrogen and oxygen atoms in total. The number of nitrogens with one attached hydrogen (secondary N) is 2. The first-order valence-electron chi connectivity index (χ1n) is 9.82. The Balaban J connectivity index is 1.74. The van der Waals surface area contributed by atoms with Gasteiger partial charge in [0.05, 0.1) is 12.2 Å². The summed E-state index contributed by atoms with van der Waals surface area (Å²) in [4.78, 5) is 14.4. The summed E-state index contributed by atoms with van der Waals surface area (Å²) in [6.07, 6.45) is 4.44. The second kappa shape index (κ2) is 10.8. The molecule has 1 heterocycles. The predicted octanol–water partition coefficient (Wildman–Crippen LogP) is 4.78. The lowest BCUT2D eigenvalue weighted by atomic mass is 9.81. The molecule has 1 aromatic carbocycles. The Kier molecular flexibility index (Phi) is 8.07. The highest BCUT2D eigenvalue weighted by Gasteiger charge is 2.47. The molecule has 2 amide bonds. The number of hydrogen-bond acceptors (Lipinski definition) is 3. The zero-order chi connectivity index (χ0) is 22.3. The largest absolute Gasteiger partial charge is 0.374 e. The number of carbonyl (C=O) groups excluding carboxylic acids is 1. The van der Waals surface area contributed by atoms with E-state index >= 15 is 4.39 Å². The highest BCUT2D eigenvalue weighted by atomic mass is 35.5. The number of halogens is 3. The maximum atomic E-state index is 15.7. The van der Waals surface area contributed by atoms with Gasteiger partial charge in [-0.2, -0.15) is 0 Å². The summed E-state index contributed by atoms with van der Waals surface area (Å²) < 4.78 is 21.4. The summed E-state index contributed by atoms with van der Waals surface area (Å²) in [5.41, 5.74) is 2.64. The monoisotopic (exact) mass is 463 g/mol. The summed E-state index contributed by atoms with van der Waals surface area (Å²) in [5.74, 6) is 0.330. The molecule has 31 heavy (non-hydrogen) atoms. The van der Waals surface area contributed by atoms with E-state index in [1.807, 2.05) is 36.4 Å². The van der Waals surface area contributed by atoms with Crippen molar-refractivity contribution in [1.82, 2.24) is 15.6 Å². The van der Waals surface area contributed by atoms with Gasteiger partial charge in [0.1, 0.15) is 11.0 Å². The molecule has 0 fully saturated rings. The van der Waals surface area contributed by atoms with Gasteiger partial charge < -0.3 is 15.4 Å². The quantitative estimate of drug-likeness (QED) is 0.553. The fourth-order valence-electron chi connectivity index (χ4n) is 3.46. The second-order valence-corrected chi connectivity index (χ2v) is 8.07. The molecule has 0 spiro atoms. The first kappa shape index (κ1) is 23.3. The molecule has 3 rings (SSSR count). The van der Waals surface area contributed by atoms with Crippen LogP contribution in [0.1, 0.15) is 23.0 Å². The summed E-state index contributed by atoms with van der Waals surface area (Å²) >= 11 is 12.4. The number of rotatable bonds is 8. The van der Waals surface area contributed by atoms with Gasteiger partial charge in [-0.3, -0.25) is 4.98 Å². The number of pyridine rings is 1. The number of methoxy groups -OCH3 is 1. The SMILES string of the molecule is COC1C(c2ccccc2)=CC=CC1(Cl)C(F)c1ccc(CNC(=O)NCCCl)nc1. The molecular formula is C23H24Cl2FN3O2. The topological polar surface area (TPSA) is 63.2 Å². The van der Waals surface area contributed by atoms with E-state index in [0.29, 0.717) is 23.7 Å². The molecule has 0 radical (unpaired) electrons. The van der Waals surface area contributed by atoms with E-state index in [9.17, 15) is 4.79 Å². The van der Waals surface area contributed by atoms with Gasteiger partial charge in [0.15, 0.2) is 6.17 Å². The number of alkyl halides is 3. The Morgan fingerprint density at radius 2 is 2.03 bits per heavy atom. The minimum atomic E-state index is -1.57. The minimum Gasteiger partial charge on any atom is -0.374 e. The Hall–Kier alpha value is -2.41. The minimum absolute atomic E-state index is 0.207. The molecule has 0 aliphatic heterocycles. The molecule has 2 N–H and O–H groups in total. The molecule has 2 aromatic rings. The Labute approximate surface area is 191 Å². The van der Waals surface area contributed by atoms with Crippen molar-refractivity contribution in [3.63, 3.8) is 0 Å². The average Bonchev–Trinajstić information content (AvgIpc) is 2.81. The van der Waals surface area contributed by atoms with Crippen molar-refractivity contribution in [2.45, 2.75) is 23.7 Å². The number of allylic oxidation sites excluding steroid dienone is 2. The van der Waals surface area contributed by atoms with E-state index in [-0.39, 0.29) is 12.6 Å². The van der Waals surface area contributed by atoms with Crippen molar-refractivity contribution in [3.05, 3.63) is 83.7 Å². The van der Waals surface area contributed by atoms with Gasteiger partial charge in [-0.05, 0) is 17.2 Å². The molecular weight excluding hydrogens is 440 g/mol. The van der Waals surface area contributed by atoms with E-state index in [1.54, 1.807) is 24.3 Å². The number of urea groups is 1. The van der Waals surface area contributed by atoms with Crippen LogP contribution in [0.2, 0.25) is 0 Å². The number of amides is 2. The van der Waals surface area contributed by atoms with Crippen LogP contribution in [0.25, 0.3) is 5.57 Å². The first-order valence-corrected chi connectivity index (χ1v) is 10.7. The van der Waals surface area contributed by atoms with E-state index in [1.165, 1.54) is 13.3 Å². The highest BCUT2D eigenvalue weighted by Crippen LogP contribution is 2.46. The lowest BCUT2D eigenvalue weighted by Crippen LogP contribution is -2.42. The molecule has 0 bridgehead atoms. The van der Waals surface area contributed by atoms with Gasteiger partial charge in [-0.15, -0.1) is 23.2 Å². The standard InChI is InChI=1S/C23H24Cl2FN3O2/c1-31-21-19(16-6-3-2-4-7-16)8-5-11-23(21,25)20(26)17-9-10-18(28-14-17)15-29-22(30)27-13-12-24/h2-11,14,20-21H,12-13,15H2,1H3,(H2,27,29,30). The van der Waals surface area contributed by atoms with E-state index < -0.39 is 17.1 Å². The zero-order valence-electron chi connectivity index (χ0n) is 17.0. The third kappa shape index (κ3) is 5.45. The maximum absolute atomic E-state index is 15.7. The number of aromatic nitrogens is 1. The van der Waals surface area contributed by atoms with Gasteiger partial charge in [-0.25, -0.2) is 9.18 Å². The van der Waals surface area contributed by atoms with E-state index in [0.717, 1.165) is 11.1 Å². The van der Waals surface area contributed by atoms with Crippen LogP contribution in [0.15, 0.2) is 66.9 Å². The van der Waals surface area contributed by atoms with E-state index in [2.05, 4.69) is 15.6 Å². The molecule has 3 unspecified atom stereocenters. The van der Waals surface area contributed by atoms with Crippen LogP contribution >= 0.6 is 23.2 Å². The van der Waals surface area contributed by atoms with Crippen molar-refractivity contribution >= 4 is 34.8 Å². The Morgan fingerprint density at radius 1 is 1.26 bits per heavy atom. The van der Waals surface area contributed by atoms with Gasteiger partial charge in [0.25, 0.3) is 0 Å². The van der Waals surface area contributed by atoms with Crippen LogP contribution in [-0.2, 0) is 11.3 Å². The number of ether oxygens (including phenoxy) is 1. The summed E-state index contributed by atoms with van der Waals surface area (Å²) in [6.45, 7) is 0.577. The Morgan fingerprint density at radius 3 is 2.68 bits per heavy atom. The van der Waals surface area contributed by atoms with Gasteiger partial charge in [0, 0.05) is 31.3 Å². The van der Waals surface area contributed by atoms with Crippen LogP contribution in [0.4, 0.5) is 9.18 Å². The smallest absolute Gasteiger partial charge is 0.315 e. The molecule has 164 valence electrons. The number of carbonyl (C=O) groups is 1. The Bertz CT molecular complexity index is 938. The van der Waals surface area contributed by atoms with Crippen molar-refractivity contribution < 1.29 is 13.9 Å². The number of benzene rings is 1. The van der Waals surface area contributed by atoms with Crippen LogP contribution in [-0.4, -0.2) is 41.5 Å². The van der Waals surface area contributed by atoms with Crippen molar-refractivity contribution in [2.75, 3.05) is 19.5 Å². The van der Waals surface area contributed by atoms with Crippen molar-refractivity contribution in [3.8, 4) is 0 Å².